The molecule has 0 saturated carbocycles. The zero-order chi connectivity index (χ0) is 19.6. The number of hydrogen-bond acceptors (Lipinski definition) is 5. The molecule has 27 heavy (non-hydrogen) atoms. The molecule has 0 spiro atoms. The Kier molecular flexibility index (Phi) is 5.44. The fraction of sp³-hybridized carbons (Fsp3) is 0.381. The van der Waals surface area contributed by atoms with Gasteiger partial charge in [0, 0.05) is 11.3 Å². The zero-order valence-electron chi connectivity index (χ0n) is 15.8. The molecule has 0 unspecified atom stereocenters. The van der Waals surface area contributed by atoms with Crippen molar-refractivity contribution in [2.45, 2.75) is 40.0 Å². The monoisotopic (exact) mass is 369 g/mol. The van der Waals surface area contributed by atoms with Gasteiger partial charge < -0.3 is 14.5 Å². The number of ether oxygens (including phenoxy) is 2. The highest BCUT2D eigenvalue weighted by atomic mass is 16.5. The van der Waals surface area contributed by atoms with Crippen LogP contribution in [0.2, 0.25) is 0 Å². The van der Waals surface area contributed by atoms with E-state index in [4.69, 9.17) is 9.47 Å². The molecule has 0 aliphatic heterocycles. The van der Waals surface area contributed by atoms with E-state index in [0.717, 1.165) is 19.3 Å². The summed E-state index contributed by atoms with van der Waals surface area (Å²) in [6, 6.07) is 5.65. The maximum absolute atomic E-state index is 12.5. The number of aryl methyl sites for hydroxylation is 3. The van der Waals surface area contributed by atoms with Gasteiger partial charge in [0.2, 0.25) is 0 Å². The molecule has 1 aliphatic rings. The predicted octanol–water partition coefficient (Wildman–Crippen LogP) is 3.34. The van der Waals surface area contributed by atoms with E-state index in [1.807, 2.05) is 12.1 Å². The highest BCUT2D eigenvalue weighted by Gasteiger charge is 2.24. The van der Waals surface area contributed by atoms with Crippen LogP contribution in [0.3, 0.4) is 0 Å². The first kappa shape index (κ1) is 18.9. The maximum Gasteiger partial charge on any atom is 0.355 e. The van der Waals surface area contributed by atoms with Gasteiger partial charge in [0.1, 0.15) is 5.69 Å². The van der Waals surface area contributed by atoms with E-state index in [2.05, 4.69) is 4.98 Å². The van der Waals surface area contributed by atoms with Crippen LogP contribution in [-0.2, 0) is 22.3 Å². The summed E-state index contributed by atoms with van der Waals surface area (Å²) in [5, 5.41) is 0. The highest BCUT2D eigenvalue weighted by molar-refractivity contribution is 6.01. The summed E-state index contributed by atoms with van der Waals surface area (Å²) >= 11 is 0. The van der Waals surface area contributed by atoms with Crippen LogP contribution >= 0.6 is 0 Å². The van der Waals surface area contributed by atoms with Crippen LogP contribution < -0.4 is 0 Å². The number of carbonyl (C=O) groups is 3. The number of H-pyrrole nitrogens is 1. The van der Waals surface area contributed by atoms with Crippen LogP contribution in [0.5, 0.6) is 0 Å². The van der Waals surface area contributed by atoms with E-state index in [0.29, 0.717) is 16.8 Å². The topological polar surface area (TPSA) is 85.5 Å². The van der Waals surface area contributed by atoms with Gasteiger partial charge in [-0.2, -0.15) is 0 Å². The third kappa shape index (κ3) is 3.79. The fourth-order valence-corrected chi connectivity index (χ4v) is 3.50. The van der Waals surface area contributed by atoms with Crippen LogP contribution in [-0.4, -0.2) is 35.9 Å². The Hall–Kier alpha value is -2.89. The lowest BCUT2D eigenvalue weighted by atomic mass is 10.0. The Morgan fingerprint density at radius 1 is 1.04 bits per heavy atom. The van der Waals surface area contributed by atoms with E-state index < -0.39 is 11.9 Å². The number of ketones is 1. The summed E-state index contributed by atoms with van der Waals surface area (Å²) < 4.78 is 10.2. The maximum atomic E-state index is 12.5. The van der Waals surface area contributed by atoms with Gasteiger partial charge in [-0.3, -0.25) is 4.79 Å². The van der Waals surface area contributed by atoms with Crippen LogP contribution in [0.25, 0.3) is 0 Å². The Morgan fingerprint density at radius 3 is 2.52 bits per heavy atom. The molecule has 0 radical (unpaired) electrons. The first-order valence-electron chi connectivity index (χ1n) is 9.10. The van der Waals surface area contributed by atoms with Gasteiger partial charge in [0.25, 0.3) is 0 Å². The molecule has 3 rings (SSSR count). The number of aromatic nitrogens is 1. The summed E-state index contributed by atoms with van der Waals surface area (Å²) in [5.74, 6) is -1.40. The molecule has 0 bridgehead atoms. The number of Topliss-reactive ketones (excluding diaryl/α,β-unsaturated/α-hetero) is 1. The minimum Gasteiger partial charge on any atom is -0.461 e. The van der Waals surface area contributed by atoms with E-state index in [-0.39, 0.29) is 30.3 Å². The number of hydrogen-bond donors (Lipinski definition) is 1. The second-order valence-corrected chi connectivity index (χ2v) is 6.68. The lowest BCUT2D eigenvalue weighted by Crippen LogP contribution is -2.15. The number of esters is 2. The Morgan fingerprint density at radius 2 is 1.78 bits per heavy atom. The van der Waals surface area contributed by atoms with Crippen molar-refractivity contribution in [3.63, 3.8) is 0 Å². The van der Waals surface area contributed by atoms with Crippen LogP contribution in [0.4, 0.5) is 0 Å². The molecule has 142 valence electrons. The van der Waals surface area contributed by atoms with Crippen molar-refractivity contribution in [3.8, 4) is 0 Å². The normalized spacial score (nSPS) is 12.6. The van der Waals surface area contributed by atoms with Gasteiger partial charge in [-0.05, 0) is 62.8 Å². The Balaban J connectivity index is 1.69. The largest absolute Gasteiger partial charge is 0.461 e. The molecule has 1 aromatic heterocycles. The number of carbonyl (C=O) groups excluding carboxylic acids is 3. The van der Waals surface area contributed by atoms with E-state index in [1.165, 1.54) is 11.1 Å². The summed E-state index contributed by atoms with van der Waals surface area (Å²) in [6.45, 7) is 4.94. The van der Waals surface area contributed by atoms with Crippen molar-refractivity contribution in [2.24, 2.45) is 0 Å². The molecular formula is C21H23NO5. The summed E-state index contributed by atoms with van der Waals surface area (Å²) in [4.78, 5) is 39.6. The predicted molar refractivity (Wildman–Crippen MR) is 99.3 cm³/mol. The summed E-state index contributed by atoms with van der Waals surface area (Å²) in [7, 11) is 0. The average molecular weight is 369 g/mol. The van der Waals surface area contributed by atoms with Crippen molar-refractivity contribution in [2.75, 3.05) is 13.2 Å². The molecule has 0 amide bonds. The molecule has 1 N–H and O–H groups in total. The minimum absolute atomic E-state index is 0.228. The number of rotatable bonds is 6. The van der Waals surface area contributed by atoms with E-state index in [1.54, 1.807) is 26.8 Å². The van der Waals surface area contributed by atoms with Gasteiger partial charge >= 0.3 is 11.9 Å². The summed E-state index contributed by atoms with van der Waals surface area (Å²) in [6.07, 6.45) is 3.14. The Bertz CT molecular complexity index is 910. The van der Waals surface area contributed by atoms with Gasteiger partial charge in [-0.15, -0.1) is 0 Å². The lowest BCUT2D eigenvalue weighted by Gasteiger charge is -2.07. The fourth-order valence-electron chi connectivity index (χ4n) is 3.50. The molecule has 6 nitrogen and oxygen atoms in total. The number of aromatic amines is 1. The molecule has 1 aromatic carbocycles. The van der Waals surface area contributed by atoms with Crippen LogP contribution in [0.1, 0.15) is 66.9 Å². The van der Waals surface area contributed by atoms with Crippen molar-refractivity contribution in [1.82, 2.24) is 4.98 Å². The molecule has 0 atom stereocenters. The molecule has 0 saturated heterocycles. The van der Waals surface area contributed by atoms with Crippen LogP contribution in [0.15, 0.2) is 18.2 Å². The van der Waals surface area contributed by atoms with E-state index >= 15 is 0 Å². The van der Waals surface area contributed by atoms with Gasteiger partial charge in [-0.25, -0.2) is 9.59 Å². The molecule has 1 aliphatic carbocycles. The zero-order valence-corrected chi connectivity index (χ0v) is 15.8. The van der Waals surface area contributed by atoms with Gasteiger partial charge in [0.05, 0.1) is 12.2 Å². The quantitative estimate of drug-likeness (QED) is 0.623. The smallest absolute Gasteiger partial charge is 0.355 e. The second-order valence-electron chi connectivity index (χ2n) is 6.68. The van der Waals surface area contributed by atoms with Gasteiger partial charge in [0.15, 0.2) is 12.4 Å². The van der Waals surface area contributed by atoms with Crippen molar-refractivity contribution in [1.29, 1.82) is 0 Å². The number of fused-ring (bicyclic) bond motifs is 1. The minimum atomic E-state index is -0.633. The summed E-state index contributed by atoms with van der Waals surface area (Å²) in [5.41, 5.74) is 4.49. The Labute approximate surface area is 157 Å². The second kappa shape index (κ2) is 7.78. The van der Waals surface area contributed by atoms with Crippen LogP contribution in [0, 0.1) is 13.8 Å². The standard InChI is InChI=1S/C21H23NO5/c1-4-26-21(25)19-12(2)18(13(3)22-19)20(24)27-11-17(23)16-9-8-14-6-5-7-15(14)10-16/h8-10,22H,4-7,11H2,1-3H3. The first-order chi connectivity index (χ1) is 12.9. The molecule has 6 heteroatoms. The van der Waals surface area contributed by atoms with Crippen molar-refractivity contribution >= 4 is 17.7 Å². The lowest BCUT2D eigenvalue weighted by molar-refractivity contribution is 0.0473. The van der Waals surface area contributed by atoms with Gasteiger partial charge in [-0.1, -0.05) is 12.1 Å². The molecular weight excluding hydrogens is 346 g/mol. The SMILES string of the molecule is CCOC(=O)c1[nH]c(C)c(C(=O)OCC(=O)c2ccc3c(c2)CCC3)c1C. The number of nitrogens with one attached hydrogen (secondary N) is 1. The van der Waals surface area contributed by atoms with Crippen molar-refractivity contribution < 1.29 is 23.9 Å². The number of benzene rings is 1. The molecule has 2 aromatic rings. The van der Waals surface area contributed by atoms with E-state index in [9.17, 15) is 14.4 Å². The van der Waals surface area contributed by atoms with Crippen molar-refractivity contribution in [3.05, 3.63) is 57.4 Å². The first-order valence-corrected chi connectivity index (χ1v) is 9.10. The molecule has 1 heterocycles. The average Bonchev–Trinajstić information content (AvgIpc) is 3.23. The molecule has 0 fully saturated rings. The third-order valence-corrected chi connectivity index (χ3v) is 4.88. The third-order valence-electron chi connectivity index (χ3n) is 4.88. The highest BCUT2D eigenvalue weighted by Crippen LogP contribution is 2.23.